The largest absolute Gasteiger partial charge is 0.488 e. The first kappa shape index (κ1) is 23.6. The Morgan fingerprint density at radius 1 is 0.750 bits per heavy atom. The van der Waals surface area contributed by atoms with Crippen LogP contribution in [-0.4, -0.2) is 11.6 Å². The van der Waals surface area contributed by atoms with E-state index in [4.69, 9.17) is 9.47 Å². The summed E-state index contributed by atoms with van der Waals surface area (Å²) in [5.41, 5.74) is 2.90. The molecule has 0 N–H and O–H groups in total. The minimum atomic E-state index is -0.374. The van der Waals surface area contributed by atoms with Gasteiger partial charge in [-0.2, -0.15) is 0 Å². The van der Waals surface area contributed by atoms with Gasteiger partial charge in [0.15, 0.2) is 0 Å². The Hall–Kier alpha value is -3.07. The van der Waals surface area contributed by atoms with Gasteiger partial charge in [-0.1, -0.05) is 75.4 Å². The molecular weight excluding hydrogens is 396 g/mol. The maximum atomic E-state index is 12.0. The summed E-state index contributed by atoms with van der Waals surface area (Å²) < 4.78 is 11.6. The van der Waals surface area contributed by atoms with Crippen LogP contribution in [0.25, 0.3) is 0 Å². The van der Waals surface area contributed by atoms with E-state index in [2.05, 4.69) is 64.1 Å². The SMILES string of the molecule is CCC(C)(C)Oc1ccc(C(C)(c2ccccc2)c2ccc(OC(=O)C(C)C)cc2)cc1. The fourth-order valence-electron chi connectivity index (χ4n) is 3.61. The van der Waals surface area contributed by atoms with Crippen molar-refractivity contribution in [1.82, 2.24) is 0 Å². The number of ether oxygens (including phenoxy) is 2. The average molecular weight is 431 g/mol. The monoisotopic (exact) mass is 430 g/mol. The van der Waals surface area contributed by atoms with E-state index < -0.39 is 0 Å². The van der Waals surface area contributed by atoms with E-state index in [1.807, 2.05) is 56.3 Å². The second kappa shape index (κ2) is 9.60. The molecule has 168 valence electrons. The molecule has 0 fully saturated rings. The van der Waals surface area contributed by atoms with Crippen LogP contribution in [0.1, 0.15) is 64.7 Å². The molecule has 0 radical (unpaired) electrons. The van der Waals surface area contributed by atoms with E-state index >= 15 is 0 Å². The number of carbonyl (C=O) groups is 1. The lowest BCUT2D eigenvalue weighted by Gasteiger charge is -2.32. The highest BCUT2D eigenvalue weighted by molar-refractivity contribution is 5.74. The van der Waals surface area contributed by atoms with E-state index in [-0.39, 0.29) is 22.9 Å². The highest BCUT2D eigenvalue weighted by Crippen LogP contribution is 2.40. The molecule has 3 aromatic carbocycles. The van der Waals surface area contributed by atoms with E-state index in [0.29, 0.717) is 5.75 Å². The first-order chi connectivity index (χ1) is 15.2. The van der Waals surface area contributed by atoms with Crippen molar-refractivity contribution < 1.29 is 14.3 Å². The summed E-state index contributed by atoms with van der Waals surface area (Å²) in [6.45, 7) is 12.2. The van der Waals surface area contributed by atoms with Gasteiger partial charge >= 0.3 is 5.97 Å². The fourth-order valence-corrected chi connectivity index (χ4v) is 3.61. The number of rotatable bonds is 8. The van der Waals surface area contributed by atoms with E-state index in [0.717, 1.165) is 23.3 Å². The van der Waals surface area contributed by atoms with Crippen LogP contribution >= 0.6 is 0 Å². The molecule has 0 bridgehead atoms. The summed E-state index contributed by atoms with van der Waals surface area (Å²) in [7, 11) is 0. The molecule has 0 amide bonds. The van der Waals surface area contributed by atoms with E-state index in [1.165, 1.54) is 5.56 Å². The Balaban J connectivity index is 1.99. The Morgan fingerprint density at radius 2 is 1.22 bits per heavy atom. The summed E-state index contributed by atoms with van der Waals surface area (Å²) in [6.07, 6.45) is 0.935. The molecule has 3 nitrogen and oxygen atoms in total. The number of esters is 1. The zero-order chi connectivity index (χ0) is 23.4. The van der Waals surface area contributed by atoms with Crippen molar-refractivity contribution in [3.05, 3.63) is 95.6 Å². The first-order valence-electron chi connectivity index (χ1n) is 11.3. The minimum Gasteiger partial charge on any atom is -0.488 e. The molecule has 0 aliphatic rings. The second-order valence-electron chi connectivity index (χ2n) is 9.33. The van der Waals surface area contributed by atoms with Crippen molar-refractivity contribution in [1.29, 1.82) is 0 Å². The standard InChI is InChI=1S/C29H34O3/c1-7-28(4,5)32-26-19-15-24(16-20-26)29(6,22-11-9-8-10-12-22)23-13-17-25(18-14-23)31-27(30)21(2)3/h8-21H,7H2,1-6H3. The highest BCUT2D eigenvalue weighted by atomic mass is 16.5. The van der Waals surface area contributed by atoms with Gasteiger partial charge in [0.25, 0.3) is 0 Å². The molecule has 3 rings (SSSR count). The lowest BCUT2D eigenvalue weighted by molar-refractivity contribution is -0.137. The first-order valence-corrected chi connectivity index (χ1v) is 11.3. The molecular formula is C29H34O3. The minimum absolute atomic E-state index is 0.164. The van der Waals surface area contributed by atoms with Crippen molar-refractivity contribution >= 4 is 5.97 Å². The Morgan fingerprint density at radius 3 is 1.69 bits per heavy atom. The van der Waals surface area contributed by atoms with Gasteiger partial charge in [-0.05, 0) is 68.1 Å². The van der Waals surface area contributed by atoms with E-state index in [1.54, 1.807) is 0 Å². The van der Waals surface area contributed by atoms with Crippen molar-refractivity contribution in [3.63, 3.8) is 0 Å². The van der Waals surface area contributed by atoms with E-state index in [9.17, 15) is 4.79 Å². The maximum Gasteiger partial charge on any atom is 0.313 e. The molecule has 1 unspecified atom stereocenters. The van der Waals surface area contributed by atoms with Gasteiger partial charge in [-0.15, -0.1) is 0 Å². The fraction of sp³-hybridized carbons (Fsp3) is 0.345. The summed E-state index contributed by atoms with van der Waals surface area (Å²) in [5, 5.41) is 0. The van der Waals surface area contributed by atoms with Gasteiger partial charge in [-0.25, -0.2) is 0 Å². The van der Waals surface area contributed by atoms with Crippen molar-refractivity contribution in [2.45, 2.75) is 59.0 Å². The van der Waals surface area contributed by atoms with Crippen LogP contribution in [0, 0.1) is 5.92 Å². The Labute approximate surface area is 192 Å². The quantitative estimate of drug-likeness (QED) is 0.216. The summed E-state index contributed by atoms with van der Waals surface area (Å²) >= 11 is 0. The highest BCUT2D eigenvalue weighted by Gasteiger charge is 2.31. The molecule has 32 heavy (non-hydrogen) atoms. The van der Waals surface area contributed by atoms with Crippen LogP contribution in [-0.2, 0) is 10.2 Å². The third-order valence-corrected chi connectivity index (χ3v) is 6.15. The normalized spacial score (nSPS) is 13.5. The number of benzene rings is 3. The third-order valence-electron chi connectivity index (χ3n) is 6.15. The summed E-state index contributed by atoms with van der Waals surface area (Å²) in [6, 6.07) is 26.7. The molecule has 3 heteroatoms. The molecule has 0 saturated heterocycles. The molecule has 1 atom stereocenters. The second-order valence-corrected chi connectivity index (χ2v) is 9.33. The van der Waals surface area contributed by atoms with Gasteiger partial charge in [-0.3, -0.25) is 4.79 Å². The molecule has 0 aromatic heterocycles. The third kappa shape index (κ3) is 5.21. The molecule has 0 saturated carbocycles. The topological polar surface area (TPSA) is 35.5 Å². The predicted molar refractivity (Wildman–Crippen MR) is 130 cm³/mol. The molecule has 0 aliphatic heterocycles. The van der Waals surface area contributed by atoms with Gasteiger partial charge in [0.05, 0.1) is 5.92 Å². The Bertz CT molecular complexity index is 1020. The average Bonchev–Trinajstić information content (AvgIpc) is 2.80. The smallest absolute Gasteiger partial charge is 0.313 e. The van der Waals surface area contributed by atoms with Gasteiger partial charge in [0, 0.05) is 5.41 Å². The van der Waals surface area contributed by atoms with Gasteiger partial charge in [0.2, 0.25) is 0 Å². The van der Waals surface area contributed by atoms with Crippen LogP contribution in [0.5, 0.6) is 11.5 Å². The zero-order valence-electron chi connectivity index (χ0n) is 20.0. The zero-order valence-corrected chi connectivity index (χ0v) is 20.0. The van der Waals surface area contributed by atoms with Crippen LogP contribution in [0.15, 0.2) is 78.9 Å². The molecule has 0 spiro atoms. The van der Waals surface area contributed by atoms with Crippen molar-refractivity contribution in [2.24, 2.45) is 5.92 Å². The van der Waals surface area contributed by atoms with Gasteiger partial charge < -0.3 is 9.47 Å². The van der Waals surface area contributed by atoms with Crippen LogP contribution in [0.2, 0.25) is 0 Å². The number of hydrogen-bond donors (Lipinski definition) is 0. The molecule has 3 aromatic rings. The predicted octanol–water partition coefficient (Wildman–Crippen LogP) is 7.17. The van der Waals surface area contributed by atoms with Crippen LogP contribution < -0.4 is 9.47 Å². The van der Waals surface area contributed by atoms with Crippen LogP contribution in [0.4, 0.5) is 0 Å². The molecule has 0 heterocycles. The van der Waals surface area contributed by atoms with Crippen molar-refractivity contribution in [3.8, 4) is 11.5 Å². The number of hydrogen-bond acceptors (Lipinski definition) is 3. The summed E-state index contributed by atoms with van der Waals surface area (Å²) in [5.74, 6) is 1.04. The number of carbonyl (C=O) groups excluding carboxylic acids is 1. The van der Waals surface area contributed by atoms with Gasteiger partial charge in [0.1, 0.15) is 17.1 Å². The summed E-state index contributed by atoms with van der Waals surface area (Å²) in [4.78, 5) is 12.0. The lowest BCUT2D eigenvalue weighted by atomic mass is 9.71. The van der Waals surface area contributed by atoms with Crippen LogP contribution in [0.3, 0.4) is 0 Å². The maximum absolute atomic E-state index is 12.0. The molecule has 0 aliphatic carbocycles. The Kier molecular flexibility index (Phi) is 7.08. The van der Waals surface area contributed by atoms with Crippen molar-refractivity contribution in [2.75, 3.05) is 0 Å². The lowest BCUT2D eigenvalue weighted by Crippen LogP contribution is -2.27.